The average molecular weight is 227 g/mol. The van der Waals surface area contributed by atoms with Crippen molar-refractivity contribution in [2.45, 2.75) is 12.8 Å². The lowest BCUT2D eigenvalue weighted by Crippen LogP contribution is -1.91. The number of nitrogens with zero attached hydrogens (tertiary/aromatic N) is 3. The van der Waals surface area contributed by atoms with E-state index < -0.39 is 0 Å². The van der Waals surface area contributed by atoms with Crippen LogP contribution >= 0.6 is 0 Å². The first-order valence-electron chi connectivity index (χ1n) is 5.45. The highest BCUT2D eigenvalue weighted by Gasteiger charge is 1.91. The zero-order valence-corrected chi connectivity index (χ0v) is 9.36. The van der Waals surface area contributed by atoms with Gasteiger partial charge in [-0.25, -0.2) is 0 Å². The van der Waals surface area contributed by atoms with Gasteiger partial charge in [0.05, 0.1) is 0 Å². The van der Waals surface area contributed by atoms with E-state index in [2.05, 4.69) is 27.5 Å². The maximum absolute atomic E-state index is 5.04. The lowest BCUT2D eigenvalue weighted by Gasteiger charge is -1.96. The van der Waals surface area contributed by atoms with Gasteiger partial charge in [-0.1, -0.05) is 35.5 Å². The lowest BCUT2D eigenvalue weighted by atomic mass is 10.1. The van der Waals surface area contributed by atoms with E-state index in [1.165, 1.54) is 5.56 Å². The topological polar surface area (TPSA) is 47.4 Å². The third-order valence-corrected chi connectivity index (χ3v) is 2.17. The molecule has 4 heteroatoms. The van der Waals surface area contributed by atoms with Crippen molar-refractivity contribution in [1.29, 1.82) is 0 Å². The Balaban J connectivity index is 1.72. The van der Waals surface area contributed by atoms with Crippen LogP contribution in [0.3, 0.4) is 0 Å². The lowest BCUT2D eigenvalue weighted by molar-refractivity contribution is 0.324. The summed E-state index contributed by atoms with van der Waals surface area (Å²) in [5.74, 6) is 0.406. The molecule has 0 fully saturated rings. The molecule has 0 N–H and O–H groups in total. The normalized spacial score (nSPS) is 10.6. The predicted octanol–water partition coefficient (Wildman–Crippen LogP) is 2.47. The molecule has 0 spiro atoms. The Morgan fingerprint density at radius 1 is 1.12 bits per heavy atom. The Labute approximate surface area is 100.0 Å². The van der Waals surface area contributed by atoms with Gasteiger partial charge >= 0.3 is 0 Å². The van der Waals surface area contributed by atoms with Crippen LogP contribution in [0.4, 0.5) is 0 Å². The summed E-state index contributed by atoms with van der Waals surface area (Å²) >= 11 is 0. The van der Waals surface area contributed by atoms with E-state index in [1.807, 2.05) is 18.2 Å². The fourth-order valence-corrected chi connectivity index (χ4v) is 1.36. The summed E-state index contributed by atoms with van der Waals surface area (Å²) in [4.78, 5) is 5.04. The van der Waals surface area contributed by atoms with E-state index in [1.54, 1.807) is 24.5 Å². The molecule has 0 unspecified atom stereocenters. The van der Waals surface area contributed by atoms with Gasteiger partial charge < -0.3 is 4.84 Å². The van der Waals surface area contributed by atoms with Crippen molar-refractivity contribution < 1.29 is 4.84 Å². The first-order valence-corrected chi connectivity index (χ1v) is 5.45. The maximum Gasteiger partial charge on any atom is 0.267 e. The summed E-state index contributed by atoms with van der Waals surface area (Å²) in [5, 5.41) is 11.3. The number of rotatable bonds is 5. The van der Waals surface area contributed by atoms with Gasteiger partial charge in [0.2, 0.25) is 0 Å². The molecular weight excluding hydrogens is 214 g/mol. The number of hydrogen-bond donors (Lipinski definition) is 0. The number of aryl methyl sites for hydroxylation is 1. The molecule has 0 radical (unpaired) electrons. The second-order valence-corrected chi connectivity index (χ2v) is 3.47. The van der Waals surface area contributed by atoms with Crippen molar-refractivity contribution >= 4 is 6.21 Å². The predicted molar refractivity (Wildman–Crippen MR) is 65.9 cm³/mol. The number of hydrogen-bond acceptors (Lipinski definition) is 4. The minimum Gasteiger partial charge on any atom is -0.335 e. The molecular formula is C13H13N3O. The van der Waals surface area contributed by atoms with Gasteiger partial charge in [0.1, 0.15) is 0 Å². The Morgan fingerprint density at radius 3 is 2.76 bits per heavy atom. The molecule has 17 heavy (non-hydrogen) atoms. The molecule has 0 atom stereocenters. The maximum atomic E-state index is 5.04. The monoisotopic (exact) mass is 227 g/mol. The Morgan fingerprint density at radius 2 is 2.00 bits per heavy atom. The zero-order chi connectivity index (χ0) is 11.8. The molecule has 86 valence electrons. The first-order chi connectivity index (χ1) is 8.45. The average Bonchev–Trinajstić information content (AvgIpc) is 2.41. The Hall–Kier alpha value is -2.23. The number of benzene rings is 1. The highest BCUT2D eigenvalue weighted by atomic mass is 16.6. The van der Waals surface area contributed by atoms with Gasteiger partial charge in [-0.15, -0.1) is 5.10 Å². The fourth-order valence-electron chi connectivity index (χ4n) is 1.36. The Bertz CT molecular complexity index is 457. The molecule has 0 aliphatic rings. The van der Waals surface area contributed by atoms with E-state index in [-0.39, 0.29) is 0 Å². The fraction of sp³-hybridized carbons (Fsp3) is 0.154. The van der Waals surface area contributed by atoms with Crippen LogP contribution in [-0.4, -0.2) is 16.4 Å². The molecule has 1 aromatic heterocycles. The van der Waals surface area contributed by atoms with Crippen molar-refractivity contribution in [3.63, 3.8) is 0 Å². The summed E-state index contributed by atoms with van der Waals surface area (Å²) < 4.78 is 0. The van der Waals surface area contributed by atoms with Crippen molar-refractivity contribution in [1.82, 2.24) is 10.2 Å². The zero-order valence-electron chi connectivity index (χ0n) is 9.36. The SMILES string of the molecule is C(CCc1ccccc1)=NOc1cccnn1. The molecule has 0 aliphatic heterocycles. The van der Waals surface area contributed by atoms with Crippen LogP contribution in [0, 0.1) is 0 Å². The van der Waals surface area contributed by atoms with Crippen LogP contribution in [0.25, 0.3) is 0 Å². The van der Waals surface area contributed by atoms with Crippen molar-refractivity contribution in [2.24, 2.45) is 5.16 Å². The number of aromatic nitrogens is 2. The largest absolute Gasteiger partial charge is 0.335 e. The van der Waals surface area contributed by atoms with E-state index in [0.29, 0.717) is 5.88 Å². The molecule has 2 aromatic rings. The van der Waals surface area contributed by atoms with E-state index in [4.69, 9.17) is 4.84 Å². The molecule has 0 amide bonds. The van der Waals surface area contributed by atoms with Crippen LogP contribution in [0.1, 0.15) is 12.0 Å². The molecule has 2 rings (SSSR count). The van der Waals surface area contributed by atoms with Gasteiger partial charge in [0.15, 0.2) is 0 Å². The van der Waals surface area contributed by atoms with Crippen molar-refractivity contribution in [2.75, 3.05) is 0 Å². The first kappa shape index (κ1) is 11.3. The molecule has 1 heterocycles. The summed E-state index contributed by atoms with van der Waals surface area (Å²) in [7, 11) is 0. The molecule has 1 aromatic carbocycles. The second kappa shape index (κ2) is 6.37. The summed E-state index contributed by atoms with van der Waals surface area (Å²) in [6.45, 7) is 0. The smallest absolute Gasteiger partial charge is 0.267 e. The highest BCUT2D eigenvalue weighted by Crippen LogP contribution is 2.03. The number of oxime groups is 1. The Kier molecular flexibility index (Phi) is 4.22. The third kappa shape index (κ3) is 4.03. The van der Waals surface area contributed by atoms with E-state index in [0.717, 1.165) is 12.8 Å². The third-order valence-electron chi connectivity index (χ3n) is 2.17. The summed E-state index contributed by atoms with van der Waals surface area (Å²) in [6, 6.07) is 13.7. The van der Waals surface area contributed by atoms with Gasteiger partial charge in [-0.05, 0) is 24.5 Å². The van der Waals surface area contributed by atoms with Crippen LogP contribution in [0.15, 0.2) is 53.8 Å². The van der Waals surface area contributed by atoms with E-state index >= 15 is 0 Å². The van der Waals surface area contributed by atoms with Gasteiger partial charge in [0.25, 0.3) is 5.88 Å². The molecule has 0 saturated carbocycles. The van der Waals surface area contributed by atoms with Crippen LogP contribution in [0.5, 0.6) is 5.88 Å². The van der Waals surface area contributed by atoms with E-state index in [9.17, 15) is 0 Å². The van der Waals surface area contributed by atoms with Crippen molar-refractivity contribution in [3.05, 3.63) is 54.2 Å². The minimum atomic E-state index is 0.406. The quantitative estimate of drug-likeness (QED) is 0.582. The van der Waals surface area contributed by atoms with Crippen LogP contribution in [0.2, 0.25) is 0 Å². The minimum absolute atomic E-state index is 0.406. The van der Waals surface area contributed by atoms with Crippen molar-refractivity contribution in [3.8, 4) is 5.88 Å². The molecule has 0 saturated heterocycles. The second-order valence-electron chi connectivity index (χ2n) is 3.47. The molecule has 0 bridgehead atoms. The van der Waals surface area contributed by atoms with Crippen LogP contribution in [-0.2, 0) is 6.42 Å². The summed E-state index contributed by atoms with van der Waals surface area (Å²) in [5.41, 5.74) is 1.29. The van der Waals surface area contributed by atoms with Gasteiger partial charge in [-0.3, -0.25) is 0 Å². The van der Waals surface area contributed by atoms with Gasteiger partial charge in [0, 0.05) is 18.5 Å². The standard InChI is InChI=1S/C13H13N3O/c1-2-6-12(7-3-1)8-4-11-15-17-13-9-5-10-14-16-13/h1-3,5-7,9-11H,4,8H2. The molecule has 4 nitrogen and oxygen atoms in total. The highest BCUT2D eigenvalue weighted by molar-refractivity contribution is 5.57. The molecule has 0 aliphatic carbocycles. The van der Waals surface area contributed by atoms with Gasteiger partial charge in [-0.2, -0.15) is 5.10 Å². The van der Waals surface area contributed by atoms with Crippen LogP contribution < -0.4 is 4.84 Å². The summed E-state index contributed by atoms with van der Waals surface area (Å²) in [6.07, 6.45) is 5.12.